The first-order valence-electron chi connectivity index (χ1n) is 8.46. The number of likely N-dealkylation sites (tertiary alicyclic amines) is 1. The Bertz CT molecular complexity index is 724. The molecule has 2 aliphatic rings. The van der Waals surface area contributed by atoms with E-state index in [2.05, 4.69) is 26.3 Å². The van der Waals surface area contributed by atoms with E-state index in [9.17, 15) is 4.79 Å². The smallest absolute Gasteiger partial charge is 0.257 e. The number of halogens is 1. The van der Waals surface area contributed by atoms with Crippen molar-refractivity contribution in [2.24, 2.45) is 5.41 Å². The first-order chi connectivity index (χ1) is 11.7. The molecule has 1 aromatic heterocycles. The molecule has 0 atom stereocenters. The number of amides is 1. The third kappa shape index (κ3) is 3.00. The number of carbonyl (C=O) groups excluding carboxylic acids is 1. The largest absolute Gasteiger partial charge is 0.339 e. The van der Waals surface area contributed by atoms with Crippen molar-refractivity contribution >= 4 is 21.8 Å². The molecule has 0 radical (unpaired) electrons. The molecule has 1 N–H and O–H groups in total. The molecular weight excluding hydrogens is 368 g/mol. The Labute approximate surface area is 150 Å². The molecule has 6 heteroatoms. The molecule has 2 fully saturated rings. The van der Waals surface area contributed by atoms with Crippen LogP contribution < -0.4 is 5.32 Å². The zero-order valence-electron chi connectivity index (χ0n) is 13.5. The Morgan fingerprint density at radius 1 is 1.17 bits per heavy atom. The van der Waals surface area contributed by atoms with Gasteiger partial charge in [-0.1, -0.05) is 15.9 Å². The van der Waals surface area contributed by atoms with Crippen LogP contribution in [0.2, 0.25) is 0 Å². The standard InChI is InChI=1S/C18H21BrN4O/c19-15-1-3-16(4-2-15)23-12-14(11-21-23)17(24)22-9-6-18(7-10-22)5-8-20-13-18/h1-4,11-12,20H,5-10,13H2. The monoisotopic (exact) mass is 388 g/mol. The van der Waals surface area contributed by atoms with Crippen molar-refractivity contribution in [3.05, 3.63) is 46.7 Å². The molecule has 0 unspecified atom stereocenters. The zero-order valence-corrected chi connectivity index (χ0v) is 15.1. The van der Waals surface area contributed by atoms with Gasteiger partial charge < -0.3 is 10.2 Å². The molecule has 126 valence electrons. The minimum Gasteiger partial charge on any atom is -0.339 e. The highest BCUT2D eigenvalue weighted by molar-refractivity contribution is 9.10. The molecule has 4 rings (SSSR count). The Morgan fingerprint density at radius 3 is 2.58 bits per heavy atom. The molecule has 5 nitrogen and oxygen atoms in total. The molecular formula is C18H21BrN4O. The van der Waals surface area contributed by atoms with Crippen LogP contribution >= 0.6 is 15.9 Å². The summed E-state index contributed by atoms with van der Waals surface area (Å²) in [5, 5.41) is 7.81. The van der Waals surface area contributed by atoms with E-state index in [-0.39, 0.29) is 5.91 Å². The van der Waals surface area contributed by atoms with Crippen LogP contribution in [0.3, 0.4) is 0 Å². The topological polar surface area (TPSA) is 50.2 Å². The number of carbonyl (C=O) groups is 1. The van der Waals surface area contributed by atoms with Crippen molar-refractivity contribution < 1.29 is 4.79 Å². The summed E-state index contributed by atoms with van der Waals surface area (Å²) in [6, 6.07) is 7.89. The average Bonchev–Trinajstić information content (AvgIpc) is 3.26. The van der Waals surface area contributed by atoms with Crippen LogP contribution in [-0.2, 0) is 0 Å². The molecule has 1 spiro atoms. The highest BCUT2D eigenvalue weighted by Gasteiger charge is 2.38. The summed E-state index contributed by atoms with van der Waals surface area (Å²) in [6.07, 6.45) is 6.95. The maximum atomic E-state index is 12.8. The van der Waals surface area contributed by atoms with Gasteiger partial charge in [0.05, 0.1) is 17.4 Å². The van der Waals surface area contributed by atoms with Gasteiger partial charge in [0, 0.05) is 30.3 Å². The van der Waals surface area contributed by atoms with Crippen LogP contribution in [0.1, 0.15) is 29.6 Å². The number of aromatic nitrogens is 2. The fourth-order valence-electron chi connectivity index (χ4n) is 3.76. The van der Waals surface area contributed by atoms with Crippen molar-refractivity contribution in [2.75, 3.05) is 26.2 Å². The molecule has 0 bridgehead atoms. The van der Waals surface area contributed by atoms with Gasteiger partial charge in [0.1, 0.15) is 0 Å². The molecule has 2 aliphatic heterocycles. The van der Waals surface area contributed by atoms with E-state index in [1.54, 1.807) is 10.9 Å². The normalized spacial score (nSPS) is 19.8. The van der Waals surface area contributed by atoms with Gasteiger partial charge in [-0.3, -0.25) is 4.79 Å². The van der Waals surface area contributed by atoms with Gasteiger partial charge in [-0.25, -0.2) is 4.68 Å². The van der Waals surface area contributed by atoms with E-state index in [1.165, 1.54) is 6.42 Å². The van der Waals surface area contributed by atoms with Crippen LogP contribution in [-0.4, -0.2) is 46.8 Å². The Morgan fingerprint density at radius 2 is 1.92 bits per heavy atom. The van der Waals surface area contributed by atoms with Crippen molar-refractivity contribution in [1.82, 2.24) is 20.0 Å². The number of hydrogen-bond acceptors (Lipinski definition) is 3. The fraction of sp³-hybridized carbons (Fsp3) is 0.444. The van der Waals surface area contributed by atoms with Crippen LogP contribution in [0.15, 0.2) is 41.1 Å². The van der Waals surface area contributed by atoms with Crippen LogP contribution in [0.4, 0.5) is 0 Å². The number of rotatable bonds is 2. The van der Waals surface area contributed by atoms with Crippen LogP contribution in [0.5, 0.6) is 0 Å². The van der Waals surface area contributed by atoms with Crippen molar-refractivity contribution in [3.8, 4) is 5.69 Å². The zero-order chi connectivity index (χ0) is 16.6. The summed E-state index contributed by atoms with van der Waals surface area (Å²) in [4.78, 5) is 14.7. The van der Waals surface area contributed by atoms with E-state index in [0.717, 1.165) is 49.2 Å². The summed E-state index contributed by atoms with van der Waals surface area (Å²) in [7, 11) is 0. The minimum atomic E-state index is 0.0965. The highest BCUT2D eigenvalue weighted by atomic mass is 79.9. The van der Waals surface area contributed by atoms with Gasteiger partial charge in [-0.15, -0.1) is 0 Å². The second-order valence-corrected chi connectivity index (χ2v) is 7.78. The lowest BCUT2D eigenvalue weighted by Gasteiger charge is -2.38. The van der Waals surface area contributed by atoms with E-state index >= 15 is 0 Å². The van der Waals surface area contributed by atoms with Gasteiger partial charge >= 0.3 is 0 Å². The van der Waals surface area contributed by atoms with E-state index < -0.39 is 0 Å². The maximum absolute atomic E-state index is 12.8. The molecule has 1 aromatic carbocycles. The summed E-state index contributed by atoms with van der Waals surface area (Å²) in [5.41, 5.74) is 2.04. The summed E-state index contributed by atoms with van der Waals surface area (Å²) >= 11 is 3.43. The number of benzene rings is 1. The van der Waals surface area contributed by atoms with E-state index in [4.69, 9.17) is 0 Å². The minimum absolute atomic E-state index is 0.0965. The summed E-state index contributed by atoms with van der Waals surface area (Å²) < 4.78 is 2.78. The second-order valence-electron chi connectivity index (χ2n) is 6.87. The molecule has 1 amide bonds. The second kappa shape index (κ2) is 6.33. The average molecular weight is 389 g/mol. The van der Waals surface area contributed by atoms with Gasteiger partial charge in [0.15, 0.2) is 0 Å². The maximum Gasteiger partial charge on any atom is 0.257 e. The summed E-state index contributed by atoms with van der Waals surface area (Å²) in [6.45, 7) is 3.93. The first-order valence-corrected chi connectivity index (χ1v) is 9.25. The number of nitrogens with zero attached hydrogens (tertiary/aromatic N) is 3. The van der Waals surface area contributed by atoms with Crippen LogP contribution in [0.25, 0.3) is 5.69 Å². The predicted octanol–water partition coefficient (Wildman–Crippen LogP) is 2.85. The SMILES string of the molecule is O=C(c1cnn(-c2ccc(Br)cc2)c1)N1CCC2(CCNC2)CC1. The van der Waals surface area contributed by atoms with Gasteiger partial charge in [0.25, 0.3) is 5.91 Å². The third-order valence-electron chi connectivity index (χ3n) is 5.36. The number of nitrogens with one attached hydrogen (secondary N) is 1. The predicted molar refractivity (Wildman–Crippen MR) is 96.3 cm³/mol. The van der Waals surface area contributed by atoms with E-state index in [1.807, 2.05) is 35.4 Å². The van der Waals surface area contributed by atoms with Gasteiger partial charge in [0.2, 0.25) is 0 Å². The first kappa shape index (κ1) is 15.8. The quantitative estimate of drug-likeness (QED) is 0.860. The van der Waals surface area contributed by atoms with Crippen LogP contribution in [0, 0.1) is 5.41 Å². The molecule has 2 saturated heterocycles. The van der Waals surface area contributed by atoms with Gasteiger partial charge in [-0.05, 0) is 55.5 Å². The number of piperidine rings is 1. The number of hydrogen-bond donors (Lipinski definition) is 1. The van der Waals surface area contributed by atoms with Crippen molar-refractivity contribution in [1.29, 1.82) is 0 Å². The molecule has 24 heavy (non-hydrogen) atoms. The molecule has 0 aliphatic carbocycles. The third-order valence-corrected chi connectivity index (χ3v) is 5.89. The Balaban J connectivity index is 1.45. The fourth-order valence-corrected chi connectivity index (χ4v) is 4.02. The lowest BCUT2D eigenvalue weighted by molar-refractivity contribution is 0.0607. The van der Waals surface area contributed by atoms with Crippen molar-refractivity contribution in [2.45, 2.75) is 19.3 Å². The Kier molecular flexibility index (Phi) is 4.18. The highest BCUT2D eigenvalue weighted by Crippen LogP contribution is 2.37. The molecule has 0 saturated carbocycles. The molecule has 3 heterocycles. The van der Waals surface area contributed by atoms with E-state index in [0.29, 0.717) is 11.0 Å². The summed E-state index contributed by atoms with van der Waals surface area (Å²) in [5.74, 6) is 0.0965. The van der Waals surface area contributed by atoms with Gasteiger partial charge in [-0.2, -0.15) is 5.10 Å². The lowest BCUT2D eigenvalue weighted by Crippen LogP contribution is -2.43. The van der Waals surface area contributed by atoms with Crippen molar-refractivity contribution in [3.63, 3.8) is 0 Å². The molecule has 2 aromatic rings. The lowest BCUT2D eigenvalue weighted by atomic mass is 9.78. The Hall–Kier alpha value is -1.66.